The molecule has 2 saturated heterocycles. The number of ether oxygens (including phenoxy) is 2. The summed E-state index contributed by atoms with van der Waals surface area (Å²) in [5.74, 6) is 1.04. The normalized spacial score (nSPS) is 16.5. The first kappa shape index (κ1) is 33.5. The highest BCUT2D eigenvalue weighted by atomic mass is 19.1. The lowest BCUT2D eigenvalue weighted by molar-refractivity contribution is -0.0592. The molecule has 0 radical (unpaired) electrons. The zero-order valence-electron chi connectivity index (χ0n) is 28.9. The number of imidazole rings is 1. The van der Waals surface area contributed by atoms with Gasteiger partial charge in [-0.1, -0.05) is 19.1 Å². The van der Waals surface area contributed by atoms with Gasteiger partial charge in [0.2, 0.25) is 5.88 Å². The van der Waals surface area contributed by atoms with Crippen LogP contribution in [-0.4, -0.2) is 61.3 Å². The van der Waals surface area contributed by atoms with Crippen LogP contribution in [-0.2, 0) is 30.9 Å². The predicted octanol–water partition coefficient (Wildman–Crippen LogP) is 6.88. The fourth-order valence-electron chi connectivity index (χ4n) is 7.11. The fraction of sp³-hybridized carbons (Fsp3) is 0.325. The number of hydrogen-bond donors (Lipinski definition) is 2. The first-order valence-corrected chi connectivity index (χ1v) is 17.8. The van der Waals surface area contributed by atoms with Gasteiger partial charge in [0.15, 0.2) is 0 Å². The third kappa shape index (κ3) is 6.97. The Balaban J connectivity index is 0.934. The van der Waals surface area contributed by atoms with Crippen LogP contribution in [0.15, 0.2) is 72.8 Å². The molecule has 0 saturated carbocycles. The molecule has 0 bridgehead atoms. The van der Waals surface area contributed by atoms with Crippen LogP contribution in [0.25, 0.3) is 21.9 Å². The van der Waals surface area contributed by atoms with Crippen molar-refractivity contribution in [1.29, 1.82) is 5.26 Å². The average molecular weight is 699 g/mol. The lowest BCUT2D eigenvalue weighted by Crippen LogP contribution is -2.35. The number of piperidine rings is 1. The number of aryl methyl sites for hydroxylation is 1. The SMILES string of the molecule is CCc1n[nH]c2ccc(NC(=O)c3ccc4c(c3)nc(CN3CCC(c5cccc(OCc6ccc(C#N)cc6F)n5)CC3)n4C[C@@H]3CCO3)cc12. The number of aromatic amines is 1. The Kier molecular flexibility index (Phi) is 9.37. The van der Waals surface area contributed by atoms with E-state index >= 15 is 0 Å². The van der Waals surface area contributed by atoms with E-state index in [9.17, 15) is 9.18 Å². The molecule has 8 rings (SSSR count). The molecule has 12 heteroatoms. The molecular formula is C40H39FN8O3. The Bertz CT molecular complexity index is 2300. The Labute approximate surface area is 300 Å². The molecule has 11 nitrogen and oxygen atoms in total. The van der Waals surface area contributed by atoms with E-state index < -0.39 is 5.82 Å². The van der Waals surface area contributed by atoms with Gasteiger partial charge in [-0.25, -0.2) is 14.4 Å². The summed E-state index contributed by atoms with van der Waals surface area (Å²) < 4.78 is 28.3. The summed E-state index contributed by atoms with van der Waals surface area (Å²) >= 11 is 0. The maximum Gasteiger partial charge on any atom is 0.255 e. The quantitative estimate of drug-likeness (QED) is 0.150. The number of nitrogens with one attached hydrogen (secondary N) is 2. The minimum Gasteiger partial charge on any atom is -0.473 e. The van der Waals surface area contributed by atoms with Crippen molar-refractivity contribution in [2.45, 2.75) is 64.3 Å². The summed E-state index contributed by atoms with van der Waals surface area (Å²) in [7, 11) is 0. The molecule has 264 valence electrons. The zero-order valence-corrected chi connectivity index (χ0v) is 28.9. The number of hydrogen-bond acceptors (Lipinski definition) is 8. The molecule has 0 aliphatic carbocycles. The van der Waals surface area contributed by atoms with Crippen LogP contribution in [0, 0.1) is 17.1 Å². The third-order valence-corrected chi connectivity index (χ3v) is 10.2. The van der Waals surface area contributed by atoms with Crippen LogP contribution in [0.2, 0.25) is 0 Å². The van der Waals surface area contributed by atoms with E-state index in [4.69, 9.17) is 24.7 Å². The van der Waals surface area contributed by atoms with Crippen molar-refractivity contribution in [2.75, 3.05) is 25.0 Å². The van der Waals surface area contributed by atoms with Crippen LogP contribution >= 0.6 is 0 Å². The number of benzene rings is 3. The number of halogens is 1. The van der Waals surface area contributed by atoms with Crippen molar-refractivity contribution < 1.29 is 18.7 Å². The Morgan fingerprint density at radius 3 is 2.71 bits per heavy atom. The van der Waals surface area contributed by atoms with Crippen LogP contribution in [0.3, 0.4) is 0 Å². The number of H-pyrrole nitrogens is 1. The van der Waals surface area contributed by atoms with Gasteiger partial charge in [0.05, 0.1) is 53.1 Å². The highest BCUT2D eigenvalue weighted by Crippen LogP contribution is 2.30. The number of fused-ring (bicyclic) bond motifs is 2. The second kappa shape index (κ2) is 14.5. The maximum absolute atomic E-state index is 14.4. The number of nitrogens with zero attached hydrogens (tertiary/aromatic N) is 6. The number of pyridine rings is 1. The van der Waals surface area contributed by atoms with Gasteiger partial charge >= 0.3 is 0 Å². The summed E-state index contributed by atoms with van der Waals surface area (Å²) in [5, 5.41) is 20.5. The smallest absolute Gasteiger partial charge is 0.255 e. The monoisotopic (exact) mass is 698 g/mol. The van der Waals surface area contributed by atoms with E-state index in [1.807, 2.05) is 54.6 Å². The summed E-state index contributed by atoms with van der Waals surface area (Å²) in [6.07, 6.45) is 3.84. The number of carbonyl (C=O) groups excluding carboxylic acids is 1. The Hall–Kier alpha value is -5.64. The Morgan fingerprint density at radius 2 is 1.94 bits per heavy atom. The van der Waals surface area contributed by atoms with Crippen molar-refractivity contribution in [2.24, 2.45) is 0 Å². The molecule has 0 spiro atoms. The molecule has 2 N–H and O–H groups in total. The molecule has 2 fully saturated rings. The van der Waals surface area contributed by atoms with Gasteiger partial charge in [0.1, 0.15) is 18.2 Å². The first-order valence-electron chi connectivity index (χ1n) is 17.8. The fourth-order valence-corrected chi connectivity index (χ4v) is 7.11. The van der Waals surface area contributed by atoms with Crippen LogP contribution < -0.4 is 10.1 Å². The van der Waals surface area contributed by atoms with Gasteiger partial charge < -0.3 is 19.4 Å². The first-order chi connectivity index (χ1) is 25.4. The lowest BCUT2D eigenvalue weighted by atomic mass is 9.93. The summed E-state index contributed by atoms with van der Waals surface area (Å²) in [5.41, 5.74) is 6.58. The second-order valence-corrected chi connectivity index (χ2v) is 13.5. The molecular weight excluding hydrogens is 659 g/mol. The van der Waals surface area contributed by atoms with Crippen LogP contribution in [0.4, 0.5) is 10.1 Å². The largest absolute Gasteiger partial charge is 0.473 e. The van der Waals surface area contributed by atoms with E-state index in [0.717, 1.165) is 96.8 Å². The zero-order chi connectivity index (χ0) is 35.6. The maximum atomic E-state index is 14.4. The number of aromatic nitrogens is 5. The van der Waals surface area contributed by atoms with Crippen molar-refractivity contribution in [1.82, 2.24) is 29.6 Å². The highest BCUT2D eigenvalue weighted by Gasteiger charge is 2.26. The van der Waals surface area contributed by atoms with Gasteiger partial charge in [-0.15, -0.1) is 0 Å². The van der Waals surface area contributed by atoms with Gasteiger partial charge in [0.25, 0.3) is 5.91 Å². The number of anilines is 1. The number of nitriles is 1. The summed E-state index contributed by atoms with van der Waals surface area (Å²) in [6, 6.07) is 23.6. The van der Waals surface area contributed by atoms with Crippen molar-refractivity contribution in [3.63, 3.8) is 0 Å². The van der Waals surface area contributed by atoms with E-state index in [1.165, 1.54) is 6.07 Å². The minimum absolute atomic E-state index is 0.0353. The van der Waals surface area contributed by atoms with Gasteiger partial charge in [-0.3, -0.25) is 14.8 Å². The third-order valence-electron chi connectivity index (χ3n) is 10.2. The average Bonchev–Trinajstić information content (AvgIpc) is 3.72. The highest BCUT2D eigenvalue weighted by molar-refractivity contribution is 6.06. The molecule has 1 atom stereocenters. The minimum atomic E-state index is -0.465. The van der Waals surface area contributed by atoms with Crippen LogP contribution in [0.1, 0.15) is 70.8 Å². The van der Waals surface area contributed by atoms with Gasteiger partial charge in [-0.05, 0) is 93.4 Å². The van der Waals surface area contributed by atoms with Gasteiger partial charge in [0, 0.05) is 46.5 Å². The van der Waals surface area contributed by atoms with Crippen molar-refractivity contribution in [3.8, 4) is 11.9 Å². The topological polar surface area (TPSA) is 134 Å². The van der Waals surface area contributed by atoms with E-state index in [-0.39, 0.29) is 30.1 Å². The molecule has 5 heterocycles. The number of rotatable bonds is 11. The Morgan fingerprint density at radius 1 is 1.08 bits per heavy atom. The molecule has 52 heavy (non-hydrogen) atoms. The van der Waals surface area contributed by atoms with Crippen molar-refractivity contribution >= 4 is 33.5 Å². The van der Waals surface area contributed by atoms with E-state index in [0.29, 0.717) is 23.6 Å². The second-order valence-electron chi connectivity index (χ2n) is 13.5. The molecule has 2 aliphatic heterocycles. The number of carbonyl (C=O) groups is 1. The van der Waals surface area contributed by atoms with Crippen molar-refractivity contribution in [3.05, 3.63) is 113 Å². The molecule has 6 aromatic rings. The summed E-state index contributed by atoms with van der Waals surface area (Å²) in [6.45, 7) is 6.05. The molecule has 2 aliphatic rings. The standard InChI is InChI=1S/C40H39FN8O3/c1-2-33-31-20-29(9-10-35(31)47-46-33)43-40(50)27-8-11-37-36(19-27)44-38(49(37)22-30-14-17-51-30)23-48-15-12-26(13-16-48)34-4-3-5-39(45-34)52-24-28-7-6-25(21-42)18-32(28)41/h3-11,18-20,26,30H,2,12-17,22-24H2,1H3,(H,43,50)(H,46,47)/t30-/m0/s1. The molecule has 0 unspecified atom stereocenters. The molecule has 3 aromatic heterocycles. The predicted molar refractivity (Wildman–Crippen MR) is 194 cm³/mol. The van der Waals surface area contributed by atoms with E-state index in [2.05, 4.69) is 31.9 Å². The van der Waals surface area contributed by atoms with E-state index in [1.54, 1.807) is 18.2 Å². The molecule has 1 amide bonds. The number of amides is 1. The summed E-state index contributed by atoms with van der Waals surface area (Å²) in [4.78, 5) is 25.7. The number of likely N-dealkylation sites (tertiary alicyclic amines) is 1. The molecule has 3 aromatic carbocycles. The van der Waals surface area contributed by atoms with Crippen LogP contribution in [0.5, 0.6) is 5.88 Å². The lowest BCUT2D eigenvalue weighted by Gasteiger charge is -2.32. The van der Waals surface area contributed by atoms with Gasteiger partial charge in [-0.2, -0.15) is 10.4 Å².